The normalized spacial score (nSPS) is 10.6. The van der Waals surface area contributed by atoms with E-state index in [1.54, 1.807) is 11.3 Å². The van der Waals surface area contributed by atoms with E-state index in [9.17, 15) is 0 Å². The predicted octanol–water partition coefficient (Wildman–Crippen LogP) is 2.55. The fourth-order valence-electron chi connectivity index (χ4n) is 0.370. The fourth-order valence-corrected chi connectivity index (χ4v) is 1.51. The first-order valence-corrected chi connectivity index (χ1v) is 4.21. The number of nitrogens with zero attached hydrogens (tertiary/aromatic N) is 1. The fraction of sp³-hybridized carbons (Fsp3) is 0. The van der Waals surface area contributed by atoms with Crippen molar-refractivity contribution in [3.8, 4) is 0 Å². The second-order valence-electron chi connectivity index (χ2n) is 1.20. The van der Waals surface area contributed by atoms with Gasteiger partial charge in [-0.1, -0.05) is 22.6 Å². The molecule has 8 heavy (non-hydrogen) atoms. The molecule has 0 atom stereocenters. The lowest BCUT2D eigenvalue weighted by atomic mass is 10.6. The summed E-state index contributed by atoms with van der Waals surface area (Å²) in [6.45, 7) is 0. The highest BCUT2D eigenvalue weighted by Crippen LogP contribution is 2.07. The molecule has 0 aliphatic rings. The van der Waals surface area contributed by atoms with E-state index in [4.69, 9.17) is 0 Å². The van der Waals surface area contributed by atoms with Gasteiger partial charge in [0.05, 0.1) is 5.51 Å². The molecule has 0 amide bonds. The molecule has 0 spiro atoms. The minimum Gasteiger partial charge on any atom is -0.253 e. The second kappa shape index (κ2) is 3.19. The van der Waals surface area contributed by atoms with Crippen LogP contribution in [0.1, 0.15) is 4.88 Å². The quantitative estimate of drug-likeness (QED) is 0.684. The Labute approximate surface area is 65.6 Å². The molecule has 0 radical (unpaired) electrons. The Morgan fingerprint density at radius 3 is 3.12 bits per heavy atom. The molecule has 1 aromatic heterocycles. The van der Waals surface area contributed by atoms with Gasteiger partial charge in [0.25, 0.3) is 0 Å². The Morgan fingerprint density at radius 1 is 1.75 bits per heavy atom. The molecule has 3 heteroatoms. The first kappa shape index (κ1) is 6.22. The Bertz CT molecular complexity index is 169. The summed E-state index contributed by atoms with van der Waals surface area (Å²) in [4.78, 5) is 5.11. The largest absolute Gasteiger partial charge is 0.253 e. The summed E-state index contributed by atoms with van der Waals surface area (Å²) in [5.41, 5.74) is 1.83. The molecule has 0 aliphatic heterocycles. The summed E-state index contributed by atoms with van der Waals surface area (Å²) in [5.74, 6) is 0. The van der Waals surface area contributed by atoms with Crippen LogP contribution >= 0.6 is 33.9 Å². The van der Waals surface area contributed by atoms with Crippen molar-refractivity contribution in [2.75, 3.05) is 0 Å². The smallest absolute Gasteiger partial charge is 0.0797 e. The molecule has 0 aromatic carbocycles. The maximum Gasteiger partial charge on any atom is 0.0797 e. The molecule has 42 valence electrons. The van der Waals surface area contributed by atoms with Crippen LogP contribution in [-0.4, -0.2) is 4.98 Å². The van der Waals surface area contributed by atoms with Gasteiger partial charge in [-0.25, -0.2) is 0 Å². The Kier molecular flexibility index (Phi) is 2.48. The highest BCUT2D eigenvalue weighted by molar-refractivity contribution is 14.1. The zero-order valence-electron chi connectivity index (χ0n) is 4.04. The minimum absolute atomic E-state index is 1.21. The van der Waals surface area contributed by atoms with E-state index in [0.717, 1.165) is 0 Å². The van der Waals surface area contributed by atoms with Gasteiger partial charge in [-0.05, 0) is 10.2 Å². The van der Waals surface area contributed by atoms with Crippen LogP contribution in [0.15, 0.2) is 15.8 Å². The van der Waals surface area contributed by atoms with Crippen LogP contribution in [0.25, 0.3) is 6.08 Å². The van der Waals surface area contributed by atoms with Crippen molar-refractivity contribution in [3.05, 3.63) is 20.7 Å². The van der Waals surface area contributed by atoms with Crippen molar-refractivity contribution >= 4 is 40.0 Å². The number of hydrogen-bond acceptors (Lipinski definition) is 2. The molecule has 0 bridgehead atoms. The molecule has 1 rings (SSSR count). The van der Waals surface area contributed by atoms with Gasteiger partial charge in [0, 0.05) is 11.1 Å². The van der Waals surface area contributed by atoms with Crippen molar-refractivity contribution in [1.29, 1.82) is 0 Å². The Hall–Kier alpha value is 0.1000. The van der Waals surface area contributed by atoms with E-state index in [-0.39, 0.29) is 0 Å². The van der Waals surface area contributed by atoms with Gasteiger partial charge in [-0.2, -0.15) is 0 Å². The summed E-state index contributed by atoms with van der Waals surface area (Å²) in [5, 5.41) is 0. The van der Waals surface area contributed by atoms with Gasteiger partial charge in [0.15, 0.2) is 0 Å². The van der Waals surface area contributed by atoms with E-state index in [0.29, 0.717) is 0 Å². The molecule has 1 nitrogen and oxygen atoms in total. The van der Waals surface area contributed by atoms with Crippen molar-refractivity contribution in [2.24, 2.45) is 0 Å². The van der Waals surface area contributed by atoms with Gasteiger partial charge >= 0.3 is 0 Å². The SMILES string of the molecule is I/C=C/c1cncs1. The average molecular weight is 237 g/mol. The van der Waals surface area contributed by atoms with Gasteiger partial charge in [0.1, 0.15) is 0 Å². The number of rotatable bonds is 1. The summed E-state index contributed by atoms with van der Waals surface area (Å²) in [6, 6.07) is 0. The number of thiazole rings is 1. The molecule has 1 aromatic rings. The van der Waals surface area contributed by atoms with Crippen LogP contribution in [0.4, 0.5) is 0 Å². The van der Waals surface area contributed by atoms with Crippen LogP contribution in [0.3, 0.4) is 0 Å². The van der Waals surface area contributed by atoms with Crippen LogP contribution < -0.4 is 0 Å². The van der Waals surface area contributed by atoms with Gasteiger partial charge in [0.2, 0.25) is 0 Å². The minimum atomic E-state index is 1.21. The molecule has 0 N–H and O–H groups in total. The molecule has 0 saturated heterocycles. The molecular formula is C5H4INS. The molecule has 0 fully saturated rings. The van der Waals surface area contributed by atoms with Crippen molar-refractivity contribution in [3.63, 3.8) is 0 Å². The monoisotopic (exact) mass is 237 g/mol. The Balaban J connectivity index is 2.77. The van der Waals surface area contributed by atoms with E-state index in [2.05, 4.69) is 27.6 Å². The molecule has 0 unspecified atom stereocenters. The van der Waals surface area contributed by atoms with Crippen molar-refractivity contribution in [1.82, 2.24) is 4.98 Å². The lowest BCUT2D eigenvalue weighted by molar-refractivity contribution is 1.42. The Morgan fingerprint density at radius 2 is 2.62 bits per heavy atom. The summed E-state index contributed by atoms with van der Waals surface area (Å²) >= 11 is 3.83. The van der Waals surface area contributed by atoms with Gasteiger partial charge in [-0.15, -0.1) is 11.3 Å². The molecule has 0 aliphatic carbocycles. The molecular weight excluding hydrogens is 233 g/mol. The lowest BCUT2D eigenvalue weighted by Crippen LogP contribution is -1.52. The average Bonchev–Trinajstić information content (AvgIpc) is 2.19. The van der Waals surface area contributed by atoms with E-state index < -0.39 is 0 Å². The van der Waals surface area contributed by atoms with Crippen LogP contribution in [-0.2, 0) is 0 Å². The third kappa shape index (κ3) is 1.56. The third-order valence-electron chi connectivity index (χ3n) is 0.679. The van der Waals surface area contributed by atoms with Crippen molar-refractivity contribution in [2.45, 2.75) is 0 Å². The van der Waals surface area contributed by atoms with Crippen LogP contribution in [0, 0.1) is 0 Å². The molecule has 0 saturated carbocycles. The van der Waals surface area contributed by atoms with E-state index >= 15 is 0 Å². The van der Waals surface area contributed by atoms with E-state index in [1.165, 1.54) is 4.88 Å². The predicted molar refractivity (Wildman–Crippen MR) is 45.2 cm³/mol. The van der Waals surface area contributed by atoms with Gasteiger partial charge < -0.3 is 0 Å². The summed E-state index contributed by atoms with van der Waals surface area (Å²) in [6.07, 6.45) is 3.87. The topological polar surface area (TPSA) is 12.9 Å². The zero-order chi connectivity index (χ0) is 5.82. The first-order valence-electron chi connectivity index (χ1n) is 2.09. The molecule has 1 heterocycles. The number of halogens is 1. The highest BCUT2D eigenvalue weighted by Gasteiger charge is 1.82. The third-order valence-corrected chi connectivity index (χ3v) is 1.78. The van der Waals surface area contributed by atoms with E-state index in [1.807, 2.05) is 21.9 Å². The maximum absolute atomic E-state index is 3.90. The second-order valence-corrected chi connectivity index (χ2v) is 2.83. The summed E-state index contributed by atoms with van der Waals surface area (Å²) in [7, 11) is 0. The summed E-state index contributed by atoms with van der Waals surface area (Å²) < 4.78 is 1.98. The number of aromatic nitrogens is 1. The standard InChI is InChI=1S/C5H4INS/c6-2-1-5-3-7-4-8-5/h1-4H/b2-1+. The highest BCUT2D eigenvalue weighted by atomic mass is 127. The maximum atomic E-state index is 3.90. The first-order chi connectivity index (χ1) is 3.93. The van der Waals surface area contributed by atoms with Crippen molar-refractivity contribution < 1.29 is 0 Å². The van der Waals surface area contributed by atoms with Gasteiger partial charge in [-0.3, -0.25) is 4.98 Å². The zero-order valence-corrected chi connectivity index (χ0v) is 7.02. The van der Waals surface area contributed by atoms with Crippen LogP contribution in [0.5, 0.6) is 0 Å². The van der Waals surface area contributed by atoms with Crippen LogP contribution in [0.2, 0.25) is 0 Å². The lowest BCUT2D eigenvalue weighted by Gasteiger charge is -1.72. The number of hydrogen-bond donors (Lipinski definition) is 0.